The Morgan fingerprint density at radius 1 is 1.18 bits per heavy atom. The van der Waals surface area contributed by atoms with Crippen molar-refractivity contribution in [3.8, 4) is 5.75 Å². The number of hydrogen-bond acceptors (Lipinski definition) is 3. The molecule has 1 aromatic heterocycles. The van der Waals surface area contributed by atoms with Gasteiger partial charge in [0.25, 0.3) is 0 Å². The van der Waals surface area contributed by atoms with Crippen molar-refractivity contribution in [1.82, 2.24) is 0 Å². The zero-order valence-electron chi connectivity index (χ0n) is 10.2. The first-order valence-corrected chi connectivity index (χ1v) is 6.35. The van der Waals surface area contributed by atoms with E-state index in [0.717, 1.165) is 16.0 Å². The monoisotopic (exact) mass is 248 g/mol. The van der Waals surface area contributed by atoms with Crippen LogP contribution < -0.4 is 4.74 Å². The maximum atomic E-state index is 10.8. The molecule has 3 heteroatoms. The molecule has 1 heterocycles. The minimum atomic E-state index is -1.02. The molecule has 0 aliphatic carbocycles. The highest BCUT2D eigenvalue weighted by Crippen LogP contribution is 2.37. The minimum absolute atomic E-state index is 0.711. The van der Waals surface area contributed by atoms with Crippen LogP contribution in [-0.2, 0) is 5.60 Å². The third-order valence-electron chi connectivity index (χ3n) is 3.01. The molecule has 2 aromatic rings. The van der Waals surface area contributed by atoms with Gasteiger partial charge in [0.1, 0.15) is 11.4 Å². The van der Waals surface area contributed by atoms with Gasteiger partial charge in [-0.3, -0.25) is 0 Å². The molecule has 0 spiro atoms. The number of aliphatic hydroxyl groups is 1. The van der Waals surface area contributed by atoms with Gasteiger partial charge in [-0.15, -0.1) is 11.3 Å². The largest absolute Gasteiger partial charge is 0.496 e. The van der Waals surface area contributed by atoms with E-state index in [2.05, 4.69) is 0 Å². The number of benzene rings is 1. The Balaban J connectivity index is 2.55. The van der Waals surface area contributed by atoms with E-state index in [4.69, 9.17) is 4.74 Å². The molecule has 17 heavy (non-hydrogen) atoms. The van der Waals surface area contributed by atoms with Crippen molar-refractivity contribution in [2.24, 2.45) is 0 Å². The van der Waals surface area contributed by atoms with Crippen molar-refractivity contribution < 1.29 is 9.84 Å². The van der Waals surface area contributed by atoms with E-state index in [1.54, 1.807) is 25.4 Å². The molecule has 1 N–H and O–H groups in total. The van der Waals surface area contributed by atoms with Crippen molar-refractivity contribution in [1.29, 1.82) is 0 Å². The molecular formula is C14H16O2S. The molecule has 0 bridgehead atoms. The Hall–Kier alpha value is -1.32. The van der Waals surface area contributed by atoms with Crippen LogP contribution in [0.25, 0.3) is 0 Å². The molecule has 1 unspecified atom stereocenters. The van der Waals surface area contributed by atoms with Gasteiger partial charge in [0, 0.05) is 16.0 Å². The van der Waals surface area contributed by atoms with Crippen molar-refractivity contribution in [3.63, 3.8) is 0 Å². The molecule has 0 saturated carbocycles. The summed E-state index contributed by atoms with van der Waals surface area (Å²) in [6, 6.07) is 9.54. The number of rotatable bonds is 3. The Labute approximate surface area is 105 Å². The number of aryl methyl sites for hydroxylation is 1. The van der Waals surface area contributed by atoms with Crippen molar-refractivity contribution in [3.05, 3.63) is 51.7 Å². The third kappa shape index (κ3) is 2.08. The molecule has 0 saturated heterocycles. The molecule has 2 nitrogen and oxygen atoms in total. The highest BCUT2D eigenvalue weighted by Gasteiger charge is 2.30. The van der Waals surface area contributed by atoms with Crippen LogP contribution in [-0.4, -0.2) is 12.2 Å². The van der Waals surface area contributed by atoms with Crippen LogP contribution in [0.1, 0.15) is 22.9 Å². The van der Waals surface area contributed by atoms with Crippen LogP contribution in [0, 0.1) is 6.92 Å². The van der Waals surface area contributed by atoms with E-state index in [0.29, 0.717) is 5.75 Å². The fraction of sp³-hybridized carbons (Fsp3) is 0.286. The van der Waals surface area contributed by atoms with Crippen molar-refractivity contribution in [2.75, 3.05) is 7.11 Å². The zero-order valence-corrected chi connectivity index (χ0v) is 11.0. The maximum absolute atomic E-state index is 10.8. The first-order valence-electron chi connectivity index (χ1n) is 5.48. The smallest absolute Gasteiger partial charge is 0.125 e. The summed E-state index contributed by atoms with van der Waals surface area (Å²) in [6.07, 6.45) is 0. The standard InChI is InChI=1S/C14H16O2S/c1-10-11(8-9-17-10)14(2,15)12-6-4-5-7-13(12)16-3/h4-9,15H,1-3H3. The second kappa shape index (κ2) is 4.51. The molecule has 0 aliphatic heterocycles. The summed E-state index contributed by atoms with van der Waals surface area (Å²) in [5.41, 5.74) is 0.715. The Morgan fingerprint density at radius 3 is 2.47 bits per heavy atom. The minimum Gasteiger partial charge on any atom is -0.496 e. The molecule has 2 rings (SSSR count). The first kappa shape index (κ1) is 12.1. The average molecular weight is 248 g/mol. The molecule has 1 atom stereocenters. The number of methoxy groups -OCH3 is 1. The summed E-state index contributed by atoms with van der Waals surface area (Å²) in [4.78, 5) is 1.13. The van der Waals surface area contributed by atoms with E-state index in [1.165, 1.54) is 0 Å². The summed E-state index contributed by atoms with van der Waals surface area (Å²) < 4.78 is 5.31. The van der Waals surface area contributed by atoms with E-state index in [-0.39, 0.29) is 0 Å². The second-order valence-corrected chi connectivity index (χ2v) is 5.28. The fourth-order valence-corrected chi connectivity index (χ4v) is 2.88. The van der Waals surface area contributed by atoms with E-state index in [1.807, 2.05) is 42.6 Å². The molecule has 0 fully saturated rings. The molecule has 90 valence electrons. The number of hydrogen-bond donors (Lipinski definition) is 1. The predicted octanol–water partition coefficient (Wildman–Crippen LogP) is 3.32. The van der Waals surface area contributed by atoms with Gasteiger partial charge < -0.3 is 9.84 Å². The van der Waals surface area contributed by atoms with Crippen LogP contribution in [0.15, 0.2) is 35.7 Å². The molecule has 0 aliphatic rings. The fourth-order valence-electron chi connectivity index (χ4n) is 2.08. The zero-order chi connectivity index (χ0) is 12.5. The van der Waals surface area contributed by atoms with Crippen molar-refractivity contribution >= 4 is 11.3 Å². The van der Waals surface area contributed by atoms with Gasteiger partial charge in [-0.05, 0) is 31.4 Å². The van der Waals surface area contributed by atoms with Crippen LogP contribution in [0.4, 0.5) is 0 Å². The summed E-state index contributed by atoms with van der Waals surface area (Å²) in [6.45, 7) is 3.82. The maximum Gasteiger partial charge on any atom is 0.125 e. The quantitative estimate of drug-likeness (QED) is 0.903. The Bertz CT molecular complexity index is 514. The third-order valence-corrected chi connectivity index (χ3v) is 3.86. The lowest BCUT2D eigenvalue weighted by molar-refractivity contribution is 0.0988. The summed E-state index contributed by atoms with van der Waals surface area (Å²) in [7, 11) is 1.62. The van der Waals surface area contributed by atoms with Crippen molar-refractivity contribution in [2.45, 2.75) is 19.4 Å². The lowest BCUT2D eigenvalue weighted by Gasteiger charge is -2.26. The van der Waals surface area contributed by atoms with Crippen LogP contribution >= 0.6 is 11.3 Å². The van der Waals surface area contributed by atoms with Crippen LogP contribution in [0.3, 0.4) is 0 Å². The van der Waals surface area contributed by atoms with Crippen LogP contribution in [0.5, 0.6) is 5.75 Å². The number of thiophene rings is 1. The molecule has 1 aromatic carbocycles. The van der Waals surface area contributed by atoms with Gasteiger partial charge in [-0.25, -0.2) is 0 Å². The molecule has 0 radical (unpaired) electrons. The van der Waals surface area contributed by atoms with Gasteiger partial charge in [0.05, 0.1) is 7.11 Å². The van der Waals surface area contributed by atoms with Gasteiger partial charge in [0.15, 0.2) is 0 Å². The lowest BCUT2D eigenvalue weighted by atomic mass is 9.88. The molecular weight excluding hydrogens is 232 g/mol. The molecule has 0 amide bonds. The SMILES string of the molecule is COc1ccccc1C(C)(O)c1ccsc1C. The normalized spacial score (nSPS) is 14.4. The predicted molar refractivity (Wildman–Crippen MR) is 70.7 cm³/mol. The summed E-state index contributed by atoms with van der Waals surface area (Å²) >= 11 is 1.64. The number of ether oxygens (including phenoxy) is 1. The first-order chi connectivity index (χ1) is 8.07. The van der Waals surface area contributed by atoms with Gasteiger partial charge >= 0.3 is 0 Å². The van der Waals surface area contributed by atoms with E-state index < -0.39 is 5.60 Å². The second-order valence-electron chi connectivity index (χ2n) is 4.16. The van der Waals surface area contributed by atoms with E-state index in [9.17, 15) is 5.11 Å². The summed E-state index contributed by atoms with van der Waals surface area (Å²) in [5, 5.41) is 12.8. The Kier molecular flexibility index (Phi) is 3.22. The van der Waals surface area contributed by atoms with Gasteiger partial charge in [-0.2, -0.15) is 0 Å². The topological polar surface area (TPSA) is 29.5 Å². The lowest BCUT2D eigenvalue weighted by Crippen LogP contribution is -2.23. The Morgan fingerprint density at radius 2 is 1.88 bits per heavy atom. The van der Waals surface area contributed by atoms with Gasteiger partial charge in [0.2, 0.25) is 0 Å². The summed E-state index contributed by atoms with van der Waals surface area (Å²) in [5.74, 6) is 0.711. The number of para-hydroxylation sites is 1. The highest BCUT2D eigenvalue weighted by molar-refractivity contribution is 7.10. The van der Waals surface area contributed by atoms with Gasteiger partial charge in [-0.1, -0.05) is 18.2 Å². The van der Waals surface area contributed by atoms with E-state index >= 15 is 0 Å². The van der Waals surface area contributed by atoms with Crippen LogP contribution in [0.2, 0.25) is 0 Å². The average Bonchev–Trinajstić information content (AvgIpc) is 2.76. The highest BCUT2D eigenvalue weighted by atomic mass is 32.1.